The van der Waals surface area contributed by atoms with Gasteiger partial charge in [-0.15, -0.1) is 11.3 Å². The van der Waals surface area contributed by atoms with Gasteiger partial charge in [0.2, 0.25) is 0 Å². The van der Waals surface area contributed by atoms with Gasteiger partial charge in [0.1, 0.15) is 5.01 Å². The number of nitrogens with two attached hydrogens (primary N) is 1. The molecular formula is C11H18N2S. The van der Waals surface area contributed by atoms with Gasteiger partial charge >= 0.3 is 0 Å². The van der Waals surface area contributed by atoms with Gasteiger partial charge in [0, 0.05) is 4.88 Å². The van der Waals surface area contributed by atoms with Crippen molar-refractivity contribution < 1.29 is 0 Å². The summed E-state index contributed by atoms with van der Waals surface area (Å²) in [6.07, 6.45) is 6.33. The number of aryl methyl sites for hydroxylation is 2. The average Bonchev–Trinajstić information content (AvgIpc) is 2.38. The van der Waals surface area contributed by atoms with Crippen molar-refractivity contribution in [2.75, 3.05) is 0 Å². The first-order valence-electron chi connectivity index (χ1n) is 5.35. The lowest BCUT2D eigenvalue weighted by atomic mass is 10.1. The summed E-state index contributed by atoms with van der Waals surface area (Å²) in [5.74, 6) is 0. The zero-order chi connectivity index (χ0) is 10.2. The summed E-state index contributed by atoms with van der Waals surface area (Å²) in [6, 6.07) is 0. The molecule has 2 N–H and O–H groups in total. The monoisotopic (exact) mass is 210 g/mol. The predicted molar refractivity (Wildman–Crippen MR) is 60.6 cm³/mol. The van der Waals surface area contributed by atoms with E-state index in [2.05, 4.69) is 4.98 Å². The highest BCUT2D eigenvalue weighted by molar-refractivity contribution is 7.11. The summed E-state index contributed by atoms with van der Waals surface area (Å²) in [4.78, 5) is 6.16. The fourth-order valence-electron chi connectivity index (χ4n) is 1.80. The zero-order valence-corrected chi connectivity index (χ0v) is 9.78. The molecule has 1 aromatic heterocycles. The zero-order valence-electron chi connectivity index (χ0n) is 8.97. The van der Waals surface area contributed by atoms with Gasteiger partial charge in [0.05, 0.1) is 11.2 Å². The molecule has 3 heteroatoms. The quantitative estimate of drug-likeness (QED) is 0.724. The second-order valence-corrected chi connectivity index (χ2v) is 5.75. The molecule has 1 aliphatic carbocycles. The minimum absolute atomic E-state index is 0.267. The van der Waals surface area contributed by atoms with Crippen LogP contribution in [0, 0.1) is 0 Å². The molecule has 14 heavy (non-hydrogen) atoms. The third-order valence-corrected chi connectivity index (χ3v) is 4.14. The Morgan fingerprint density at radius 1 is 1.21 bits per heavy atom. The van der Waals surface area contributed by atoms with Crippen LogP contribution in [-0.4, -0.2) is 4.98 Å². The van der Waals surface area contributed by atoms with Gasteiger partial charge in [0.25, 0.3) is 0 Å². The first-order valence-corrected chi connectivity index (χ1v) is 6.17. The van der Waals surface area contributed by atoms with Gasteiger partial charge in [-0.1, -0.05) is 6.42 Å². The van der Waals surface area contributed by atoms with E-state index in [1.807, 2.05) is 25.2 Å². The van der Waals surface area contributed by atoms with Gasteiger partial charge in [-0.3, -0.25) is 0 Å². The van der Waals surface area contributed by atoms with Gasteiger partial charge in [-0.25, -0.2) is 4.98 Å². The Kier molecular flexibility index (Phi) is 2.62. The fraction of sp³-hybridized carbons (Fsp3) is 0.727. The van der Waals surface area contributed by atoms with Crippen LogP contribution in [-0.2, 0) is 18.4 Å². The molecule has 0 unspecified atom stereocenters. The number of hydrogen-bond donors (Lipinski definition) is 1. The van der Waals surface area contributed by atoms with Crippen molar-refractivity contribution in [2.24, 2.45) is 5.73 Å². The van der Waals surface area contributed by atoms with Crippen molar-refractivity contribution in [3.05, 3.63) is 15.6 Å². The number of nitrogens with zero attached hydrogens (tertiary/aromatic N) is 1. The van der Waals surface area contributed by atoms with Crippen LogP contribution in [0.15, 0.2) is 0 Å². The van der Waals surface area contributed by atoms with Gasteiger partial charge in [-0.05, 0) is 39.5 Å². The van der Waals surface area contributed by atoms with Crippen molar-refractivity contribution in [1.29, 1.82) is 0 Å². The van der Waals surface area contributed by atoms with E-state index in [1.165, 1.54) is 36.3 Å². The van der Waals surface area contributed by atoms with Crippen molar-refractivity contribution >= 4 is 11.3 Å². The molecule has 0 amide bonds. The second-order valence-electron chi connectivity index (χ2n) is 4.67. The molecule has 2 nitrogen and oxygen atoms in total. The summed E-state index contributed by atoms with van der Waals surface area (Å²) in [5, 5.41) is 1.10. The van der Waals surface area contributed by atoms with Gasteiger partial charge in [-0.2, -0.15) is 0 Å². The molecule has 0 aliphatic heterocycles. The Labute approximate surface area is 89.5 Å². The summed E-state index contributed by atoms with van der Waals surface area (Å²) < 4.78 is 0. The molecule has 0 saturated heterocycles. The van der Waals surface area contributed by atoms with E-state index >= 15 is 0 Å². The van der Waals surface area contributed by atoms with E-state index in [4.69, 9.17) is 5.73 Å². The summed E-state index contributed by atoms with van der Waals surface area (Å²) in [7, 11) is 0. The third-order valence-electron chi connectivity index (χ3n) is 2.65. The summed E-state index contributed by atoms with van der Waals surface area (Å²) >= 11 is 1.82. The SMILES string of the molecule is CC(C)(N)c1nc2c(s1)CCCCC2. The summed E-state index contributed by atoms with van der Waals surface area (Å²) in [6.45, 7) is 4.07. The minimum atomic E-state index is -0.267. The number of hydrogen-bond acceptors (Lipinski definition) is 3. The van der Waals surface area contributed by atoms with Gasteiger partial charge in [0.15, 0.2) is 0 Å². The smallest absolute Gasteiger partial charge is 0.112 e. The lowest BCUT2D eigenvalue weighted by Crippen LogP contribution is -2.28. The molecule has 1 heterocycles. The molecule has 0 bridgehead atoms. The highest BCUT2D eigenvalue weighted by atomic mass is 32.1. The van der Waals surface area contributed by atoms with E-state index < -0.39 is 0 Å². The number of fused-ring (bicyclic) bond motifs is 1. The van der Waals surface area contributed by atoms with Crippen LogP contribution in [0.1, 0.15) is 48.7 Å². The molecule has 0 aromatic carbocycles. The Balaban J connectivity index is 2.31. The minimum Gasteiger partial charge on any atom is -0.320 e. The summed E-state index contributed by atoms with van der Waals surface area (Å²) in [5.41, 5.74) is 7.11. The predicted octanol–water partition coefficient (Wildman–Crippen LogP) is 2.61. The lowest BCUT2D eigenvalue weighted by molar-refractivity contribution is 0.547. The molecule has 0 spiro atoms. The standard InChI is InChI=1S/C11H18N2S/c1-11(2,12)10-13-8-6-4-3-5-7-9(8)14-10/h3-7,12H2,1-2H3. The number of thiazole rings is 1. The van der Waals surface area contributed by atoms with Crippen LogP contribution in [0.3, 0.4) is 0 Å². The van der Waals surface area contributed by atoms with Crippen molar-refractivity contribution in [1.82, 2.24) is 4.98 Å². The second kappa shape index (κ2) is 3.63. The van der Waals surface area contributed by atoms with Crippen LogP contribution in [0.5, 0.6) is 0 Å². The molecule has 0 atom stereocenters. The van der Waals surface area contributed by atoms with Gasteiger partial charge < -0.3 is 5.73 Å². The van der Waals surface area contributed by atoms with E-state index in [0.29, 0.717) is 0 Å². The van der Waals surface area contributed by atoms with E-state index in [1.54, 1.807) is 0 Å². The number of rotatable bonds is 1. The molecule has 0 saturated carbocycles. The van der Waals surface area contributed by atoms with Crippen molar-refractivity contribution in [3.8, 4) is 0 Å². The average molecular weight is 210 g/mol. The van der Waals surface area contributed by atoms with Crippen LogP contribution in [0.25, 0.3) is 0 Å². The number of aromatic nitrogens is 1. The Hall–Kier alpha value is -0.410. The fourth-order valence-corrected chi connectivity index (χ4v) is 2.97. The highest BCUT2D eigenvalue weighted by Gasteiger charge is 2.22. The maximum atomic E-state index is 6.06. The molecule has 1 aromatic rings. The van der Waals surface area contributed by atoms with Crippen LogP contribution in [0.4, 0.5) is 0 Å². The first kappa shape index (κ1) is 10.1. The van der Waals surface area contributed by atoms with Crippen molar-refractivity contribution in [3.63, 3.8) is 0 Å². The van der Waals surface area contributed by atoms with E-state index in [9.17, 15) is 0 Å². The van der Waals surface area contributed by atoms with E-state index in [0.717, 1.165) is 11.4 Å². The molecule has 2 rings (SSSR count). The normalized spacial score (nSPS) is 17.6. The maximum absolute atomic E-state index is 6.06. The molecular weight excluding hydrogens is 192 g/mol. The largest absolute Gasteiger partial charge is 0.320 e. The van der Waals surface area contributed by atoms with Crippen LogP contribution >= 0.6 is 11.3 Å². The Morgan fingerprint density at radius 2 is 1.93 bits per heavy atom. The van der Waals surface area contributed by atoms with E-state index in [-0.39, 0.29) is 5.54 Å². The first-order chi connectivity index (χ1) is 6.57. The maximum Gasteiger partial charge on any atom is 0.112 e. The van der Waals surface area contributed by atoms with Crippen molar-refractivity contribution in [2.45, 2.75) is 51.5 Å². The third kappa shape index (κ3) is 1.98. The lowest BCUT2D eigenvalue weighted by Gasteiger charge is -2.14. The molecule has 0 fully saturated rings. The van der Waals surface area contributed by atoms with Crippen LogP contribution < -0.4 is 5.73 Å². The highest BCUT2D eigenvalue weighted by Crippen LogP contribution is 2.30. The Morgan fingerprint density at radius 3 is 2.64 bits per heavy atom. The van der Waals surface area contributed by atoms with Crippen LogP contribution in [0.2, 0.25) is 0 Å². The molecule has 1 aliphatic rings. The topological polar surface area (TPSA) is 38.9 Å². The Bertz CT molecular complexity index is 299. The molecule has 78 valence electrons. The molecule has 0 radical (unpaired) electrons.